The summed E-state index contributed by atoms with van der Waals surface area (Å²) in [6, 6.07) is 3.93. The van der Waals surface area contributed by atoms with Crippen molar-refractivity contribution in [2.24, 2.45) is 0 Å². The van der Waals surface area contributed by atoms with Crippen LogP contribution in [0, 0.1) is 13.7 Å². The van der Waals surface area contributed by atoms with Gasteiger partial charge < -0.3 is 14.4 Å². The summed E-state index contributed by atoms with van der Waals surface area (Å²) >= 11 is 2.00. The molecule has 0 spiro atoms. The Morgan fingerprint density at radius 3 is 2.56 bits per heavy atom. The van der Waals surface area contributed by atoms with E-state index in [1.807, 2.05) is 22.6 Å². The van der Waals surface area contributed by atoms with Crippen LogP contribution in [0.1, 0.15) is 13.8 Å². The fourth-order valence-electron chi connectivity index (χ4n) is 2.30. The van der Waals surface area contributed by atoms with Gasteiger partial charge in [-0.2, -0.15) is 0 Å². The minimum absolute atomic E-state index is 0.170. The number of carbonyl (C=O) groups is 1. The van der Waals surface area contributed by atoms with Gasteiger partial charge in [-0.15, -0.1) is 0 Å². The number of halogens is 1. The molecule has 1 aromatic carbocycles. The number of nitrogens with zero attached hydrogens (tertiary/aromatic N) is 2. The van der Waals surface area contributed by atoms with Crippen LogP contribution in [-0.4, -0.2) is 35.0 Å². The molecular weight excluding hydrogens is 464 g/mol. The minimum atomic E-state index is -3.46. The van der Waals surface area contributed by atoms with Crippen molar-refractivity contribution in [2.45, 2.75) is 13.8 Å². The SMILES string of the molecule is CCOP(=O)(CNC(=O)n1cc(I)c2cccc([N+](=O)[O-])c21)OCC. The van der Waals surface area contributed by atoms with E-state index in [-0.39, 0.29) is 30.7 Å². The number of amides is 1. The molecule has 0 saturated carbocycles. The van der Waals surface area contributed by atoms with Crippen molar-refractivity contribution in [1.82, 2.24) is 9.88 Å². The molecular formula is C14H17IN3O6P. The van der Waals surface area contributed by atoms with E-state index >= 15 is 0 Å². The molecule has 11 heteroatoms. The second-order valence-corrected chi connectivity index (χ2v) is 8.08. The van der Waals surface area contributed by atoms with Gasteiger partial charge >= 0.3 is 13.6 Å². The Morgan fingerprint density at radius 1 is 1.36 bits per heavy atom. The van der Waals surface area contributed by atoms with Gasteiger partial charge in [0.2, 0.25) is 0 Å². The van der Waals surface area contributed by atoms with Crippen molar-refractivity contribution in [3.8, 4) is 0 Å². The van der Waals surface area contributed by atoms with Crippen LogP contribution in [0.5, 0.6) is 0 Å². The number of fused-ring (bicyclic) bond motifs is 1. The highest BCUT2D eigenvalue weighted by molar-refractivity contribution is 14.1. The number of hydrogen-bond donors (Lipinski definition) is 1. The average molecular weight is 481 g/mol. The largest absolute Gasteiger partial charge is 0.349 e. The lowest BCUT2D eigenvalue weighted by Gasteiger charge is -2.17. The first kappa shape index (κ1) is 19.8. The number of carbonyl (C=O) groups excluding carboxylic acids is 1. The van der Waals surface area contributed by atoms with Gasteiger partial charge in [0.25, 0.3) is 5.69 Å². The zero-order chi connectivity index (χ0) is 18.6. The Bertz CT molecular complexity index is 842. The van der Waals surface area contributed by atoms with Crippen molar-refractivity contribution < 1.29 is 23.3 Å². The number of nitrogens with one attached hydrogen (secondary N) is 1. The predicted octanol–water partition coefficient (Wildman–Crippen LogP) is 3.94. The molecule has 0 fully saturated rings. The van der Waals surface area contributed by atoms with E-state index in [0.717, 1.165) is 4.57 Å². The Hall–Kier alpha value is -1.49. The van der Waals surface area contributed by atoms with Gasteiger partial charge in [0, 0.05) is 21.2 Å². The van der Waals surface area contributed by atoms with Crippen LogP contribution >= 0.6 is 30.2 Å². The summed E-state index contributed by atoms with van der Waals surface area (Å²) < 4.78 is 24.5. The van der Waals surface area contributed by atoms with E-state index in [9.17, 15) is 19.5 Å². The number of nitro groups is 1. The van der Waals surface area contributed by atoms with Crippen molar-refractivity contribution in [3.63, 3.8) is 0 Å². The van der Waals surface area contributed by atoms with Crippen LogP contribution < -0.4 is 5.32 Å². The summed E-state index contributed by atoms with van der Waals surface area (Å²) in [5.41, 5.74) is -0.00887. The maximum absolute atomic E-state index is 12.5. The molecule has 1 amide bonds. The van der Waals surface area contributed by atoms with Gasteiger partial charge in [-0.05, 0) is 36.4 Å². The zero-order valence-corrected chi connectivity index (χ0v) is 16.7. The molecule has 0 unspecified atom stereocenters. The van der Waals surface area contributed by atoms with Gasteiger partial charge in [-0.3, -0.25) is 19.2 Å². The van der Waals surface area contributed by atoms with E-state index < -0.39 is 18.6 Å². The first-order chi connectivity index (χ1) is 11.8. The molecule has 0 aliphatic rings. The number of non-ortho nitro benzene ring substituents is 1. The third-order valence-electron chi connectivity index (χ3n) is 3.25. The molecule has 136 valence electrons. The Balaban J connectivity index is 2.34. The third-order valence-corrected chi connectivity index (χ3v) is 5.95. The Morgan fingerprint density at radius 2 is 2.00 bits per heavy atom. The predicted molar refractivity (Wildman–Crippen MR) is 101 cm³/mol. The van der Waals surface area contributed by atoms with Gasteiger partial charge in [0.15, 0.2) is 0 Å². The number of aromatic nitrogens is 1. The summed E-state index contributed by atoms with van der Waals surface area (Å²) in [7, 11) is -3.46. The van der Waals surface area contributed by atoms with Crippen molar-refractivity contribution in [2.75, 3.05) is 19.5 Å². The highest BCUT2D eigenvalue weighted by Gasteiger charge is 2.26. The highest BCUT2D eigenvalue weighted by atomic mass is 127. The summed E-state index contributed by atoms with van der Waals surface area (Å²) in [6.45, 7) is 3.67. The van der Waals surface area contributed by atoms with Crippen LogP contribution in [0.3, 0.4) is 0 Å². The molecule has 25 heavy (non-hydrogen) atoms. The number of nitro benzene ring substituents is 1. The molecule has 0 atom stereocenters. The molecule has 0 radical (unpaired) electrons. The van der Waals surface area contributed by atoms with Gasteiger partial charge in [-0.25, -0.2) is 4.79 Å². The molecule has 2 rings (SSSR count). The monoisotopic (exact) mass is 481 g/mol. The Labute approximate surface area is 157 Å². The molecule has 0 aliphatic heterocycles. The molecule has 1 N–H and O–H groups in total. The molecule has 1 heterocycles. The van der Waals surface area contributed by atoms with E-state index in [0.29, 0.717) is 8.96 Å². The second-order valence-electron chi connectivity index (χ2n) is 4.86. The van der Waals surface area contributed by atoms with Crippen molar-refractivity contribution in [3.05, 3.63) is 38.1 Å². The third kappa shape index (κ3) is 4.38. The first-order valence-electron chi connectivity index (χ1n) is 7.43. The number of rotatable bonds is 7. The smallest absolute Gasteiger partial charge is 0.326 e. The van der Waals surface area contributed by atoms with E-state index in [4.69, 9.17) is 9.05 Å². The minimum Gasteiger partial charge on any atom is -0.326 e. The molecule has 9 nitrogen and oxygen atoms in total. The van der Waals surface area contributed by atoms with Crippen LogP contribution in [0.2, 0.25) is 0 Å². The maximum Gasteiger partial charge on any atom is 0.349 e. The number of hydrogen-bond acceptors (Lipinski definition) is 6. The standard InChI is InChI=1S/C14H17IN3O6P/c1-3-23-25(22,24-4-2)9-16-14(19)17-8-11(15)10-6-5-7-12(13(10)17)18(20)21/h5-8H,3-4,9H2,1-2H3,(H,16,19). The molecule has 0 saturated heterocycles. The molecule has 1 aromatic heterocycles. The lowest BCUT2D eigenvalue weighted by Crippen LogP contribution is -2.29. The van der Waals surface area contributed by atoms with E-state index in [1.54, 1.807) is 26.0 Å². The topological polar surface area (TPSA) is 113 Å². The highest BCUT2D eigenvalue weighted by Crippen LogP contribution is 2.46. The summed E-state index contributed by atoms with van der Waals surface area (Å²) in [6.07, 6.45) is 1.16. The normalized spacial score (nSPS) is 11.6. The Kier molecular flexibility index (Phi) is 6.55. The maximum atomic E-state index is 12.5. The van der Waals surface area contributed by atoms with Gasteiger partial charge in [0.05, 0.1) is 18.1 Å². The van der Waals surface area contributed by atoms with Crippen LogP contribution in [0.15, 0.2) is 24.4 Å². The quantitative estimate of drug-likeness (QED) is 0.278. The molecule has 0 bridgehead atoms. The molecule has 0 aliphatic carbocycles. The zero-order valence-electron chi connectivity index (χ0n) is 13.6. The second kappa shape index (κ2) is 8.26. The number of para-hydroxylation sites is 1. The lowest BCUT2D eigenvalue weighted by atomic mass is 10.2. The molecule has 2 aromatic rings. The van der Waals surface area contributed by atoms with E-state index in [1.165, 1.54) is 12.3 Å². The van der Waals surface area contributed by atoms with Crippen LogP contribution in [-0.2, 0) is 13.6 Å². The average Bonchev–Trinajstić information content (AvgIpc) is 2.90. The van der Waals surface area contributed by atoms with Crippen LogP contribution in [0.4, 0.5) is 10.5 Å². The summed E-state index contributed by atoms with van der Waals surface area (Å²) in [5.74, 6) is 0. The summed E-state index contributed by atoms with van der Waals surface area (Å²) in [4.78, 5) is 23.2. The van der Waals surface area contributed by atoms with Gasteiger partial charge in [0.1, 0.15) is 11.8 Å². The summed E-state index contributed by atoms with van der Waals surface area (Å²) in [5, 5.41) is 14.3. The van der Waals surface area contributed by atoms with Crippen molar-refractivity contribution >= 4 is 52.8 Å². The van der Waals surface area contributed by atoms with Gasteiger partial charge in [-0.1, -0.05) is 12.1 Å². The lowest BCUT2D eigenvalue weighted by molar-refractivity contribution is -0.383. The fourth-order valence-corrected chi connectivity index (χ4v) is 4.39. The first-order valence-corrected chi connectivity index (χ1v) is 10.2. The van der Waals surface area contributed by atoms with Crippen molar-refractivity contribution in [1.29, 1.82) is 0 Å². The van der Waals surface area contributed by atoms with E-state index in [2.05, 4.69) is 5.32 Å². The fraction of sp³-hybridized carbons (Fsp3) is 0.357. The number of benzene rings is 1. The van der Waals surface area contributed by atoms with Crippen LogP contribution in [0.25, 0.3) is 10.9 Å².